The van der Waals surface area contributed by atoms with Crippen LogP contribution in [-0.2, 0) is 14.4 Å². The Morgan fingerprint density at radius 3 is 2.33 bits per heavy atom. The number of likely N-dealkylation sites (tertiary alicyclic amines) is 1. The standard InChI is InChI=1S/C23H29F3N6O4/c1-11(2)17(19(33)23(24,25)26)27-21(35)16-6-5-9-32(16)22(36)18(12(3)4)28-20(34)13-7-8-14-15(10-13)30-31-29-14/h7-8,10-12,16-18H,5-6,9H2,1-4H3,(H,27,35)(H,28,34)(H,29,30,31)/t16-,17-,18-/m0/s1. The first-order chi connectivity index (χ1) is 16.8. The number of alkyl halides is 3. The van der Waals surface area contributed by atoms with Crippen LogP contribution in [0.15, 0.2) is 18.2 Å². The van der Waals surface area contributed by atoms with Crippen LogP contribution in [0.3, 0.4) is 0 Å². The first-order valence-corrected chi connectivity index (χ1v) is 11.6. The Balaban J connectivity index is 1.75. The van der Waals surface area contributed by atoms with Gasteiger partial charge in [-0.1, -0.05) is 32.9 Å². The van der Waals surface area contributed by atoms with Crippen LogP contribution in [0, 0.1) is 11.8 Å². The molecule has 1 fully saturated rings. The minimum Gasteiger partial charge on any atom is -0.344 e. The number of fused-ring (bicyclic) bond motifs is 1. The van der Waals surface area contributed by atoms with Gasteiger partial charge in [-0.2, -0.15) is 13.2 Å². The van der Waals surface area contributed by atoms with E-state index in [1.807, 2.05) is 0 Å². The van der Waals surface area contributed by atoms with Crippen LogP contribution < -0.4 is 10.6 Å². The highest BCUT2D eigenvalue weighted by Gasteiger charge is 2.46. The highest BCUT2D eigenvalue weighted by atomic mass is 19.4. The van der Waals surface area contributed by atoms with E-state index in [0.29, 0.717) is 17.5 Å². The largest absolute Gasteiger partial charge is 0.452 e. The van der Waals surface area contributed by atoms with Gasteiger partial charge < -0.3 is 15.5 Å². The summed E-state index contributed by atoms with van der Waals surface area (Å²) < 4.78 is 39.0. The van der Waals surface area contributed by atoms with E-state index in [9.17, 15) is 32.3 Å². The van der Waals surface area contributed by atoms with Crippen molar-refractivity contribution in [1.82, 2.24) is 30.9 Å². The van der Waals surface area contributed by atoms with E-state index in [0.717, 1.165) is 0 Å². The van der Waals surface area contributed by atoms with Crippen LogP contribution in [0.4, 0.5) is 13.2 Å². The summed E-state index contributed by atoms with van der Waals surface area (Å²) in [7, 11) is 0. The Morgan fingerprint density at radius 2 is 1.72 bits per heavy atom. The summed E-state index contributed by atoms with van der Waals surface area (Å²) in [5.41, 5.74) is 1.37. The number of benzene rings is 1. The molecule has 0 spiro atoms. The van der Waals surface area contributed by atoms with Gasteiger partial charge in [-0.15, -0.1) is 5.10 Å². The maximum absolute atomic E-state index is 13.4. The smallest absolute Gasteiger partial charge is 0.344 e. The molecular formula is C23H29F3N6O4. The van der Waals surface area contributed by atoms with Gasteiger partial charge in [0.05, 0.1) is 11.6 Å². The number of carbonyl (C=O) groups is 4. The van der Waals surface area contributed by atoms with Crippen molar-refractivity contribution in [3.8, 4) is 0 Å². The van der Waals surface area contributed by atoms with Gasteiger partial charge in [0.1, 0.15) is 17.6 Å². The molecule has 0 saturated carbocycles. The van der Waals surface area contributed by atoms with Crippen molar-refractivity contribution in [1.29, 1.82) is 0 Å². The molecule has 0 aliphatic carbocycles. The minimum atomic E-state index is -5.10. The molecule has 2 aromatic rings. The van der Waals surface area contributed by atoms with Crippen LogP contribution in [0.1, 0.15) is 50.9 Å². The Morgan fingerprint density at radius 1 is 1.06 bits per heavy atom. The third-order valence-electron chi connectivity index (χ3n) is 6.17. The van der Waals surface area contributed by atoms with E-state index in [4.69, 9.17) is 0 Å². The number of nitrogens with zero attached hydrogens (tertiary/aromatic N) is 3. The highest BCUT2D eigenvalue weighted by molar-refractivity contribution is 6.01. The van der Waals surface area contributed by atoms with Gasteiger partial charge in [-0.25, -0.2) is 0 Å². The number of nitrogens with one attached hydrogen (secondary N) is 3. The number of amides is 3. The fourth-order valence-electron chi connectivity index (χ4n) is 4.16. The second-order valence-electron chi connectivity index (χ2n) is 9.52. The number of Topliss-reactive ketones (excluding diaryl/α,β-unsaturated/α-hetero) is 1. The Labute approximate surface area is 205 Å². The van der Waals surface area contributed by atoms with Crippen molar-refractivity contribution in [3.63, 3.8) is 0 Å². The second-order valence-corrected chi connectivity index (χ2v) is 9.52. The molecule has 0 bridgehead atoms. The number of aromatic nitrogens is 3. The topological polar surface area (TPSA) is 137 Å². The molecule has 1 aromatic carbocycles. The fraction of sp³-hybridized carbons (Fsp3) is 0.565. The molecule has 2 heterocycles. The number of H-pyrrole nitrogens is 1. The average molecular weight is 511 g/mol. The highest BCUT2D eigenvalue weighted by Crippen LogP contribution is 2.24. The molecule has 0 radical (unpaired) electrons. The lowest BCUT2D eigenvalue weighted by molar-refractivity contribution is -0.175. The van der Waals surface area contributed by atoms with Gasteiger partial charge in [0, 0.05) is 12.1 Å². The fourth-order valence-corrected chi connectivity index (χ4v) is 4.16. The van der Waals surface area contributed by atoms with Gasteiger partial charge in [0.25, 0.3) is 11.7 Å². The average Bonchev–Trinajstić information content (AvgIpc) is 3.47. The van der Waals surface area contributed by atoms with Crippen molar-refractivity contribution < 1.29 is 32.3 Å². The van der Waals surface area contributed by atoms with E-state index < -0.39 is 53.7 Å². The van der Waals surface area contributed by atoms with Crippen LogP contribution in [0.25, 0.3) is 11.0 Å². The summed E-state index contributed by atoms with van der Waals surface area (Å²) in [4.78, 5) is 52.3. The Bertz CT molecular complexity index is 1150. The van der Waals surface area contributed by atoms with Gasteiger partial charge >= 0.3 is 6.18 Å². The zero-order valence-electron chi connectivity index (χ0n) is 20.3. The summed E-state index contributed by atoms with van der Waals surface area (Å²) in [5.74, 6) is -5.08. The quantitative estimate of drug-likeness (QED) is 0.497. The van der Waals surface area contributed by atoms with Gasteiger partial charge in [-0.05, 0) is 42.9 Å². The summed E-state index contributed by atoms with van der Waals surface area (Å²) in [6.07, 6.45) is -4.43. The molecule has 196 valence electrons. The number of hydrogen-bond donors (Lipinski definition) is 3. The number of ketones is 1. The summed E-state index contributed by atoms with van der Waals surface area (Å²) in [5, 5.41) is 15.1. The van der Waals surface area contributed by atoms with Crippen molar-refractivity contribution in [3.05, 3.63) is 23.8 Å². The first-order valence-electron chi connectivity index (χ1n) is 11.6. The molecule has 13 heteroatoms. The molecule has 3 rings (SSSR count). The van der Waals surface area contributed by atoms with E-state index >= 15 is 0 Å². The summed E-state index contributed by atoms with van der Waals surface area (Å²) in [6.45, 7) is 6.44. The predicted molar refractivity (Wildman–Crippen MR) is 123 cm³/mol. The van der Waals surface area contributed by atoms with Crippen molar-refractivity contribution in [2.45, 2.75) is 64.8 Å². The Hall–Kier alpha value is -3.51. The predicted octanol–water partition coefficient (Wildman–Crippen LogP) is 1.98. The third-order valence-corrected chi connectivity index (χ3v) is 6.17. The molecule has 3 amide bonds. The zero-order chi connectivity index (χ0) is 26.8. The van der Waals surface area contributed by atoms with Gasteiger partial charge in [0.15, 0.2) is 0 Å². The SMILES string of the molecule is CC(C)[C@H](NC(=O)c1ccc2[nH]nnc2c1)C(=O)N1CCC[C@H]1C(=O)N[C@H](C(=O)C(F)(F)F)C(C)C. The van der Waals surface area contributed by atoms with Gasteiger partial charge in [0.2, 0.25) is 11.8 Å². The van der Waals surface area contributed by atoms with E-state index in [2.05, 4.69) is 26.0 Å². The van der Waals surface area contributed by atoms with Crippen LogP contribution >= 0.6 is 0 Å². The summed E-state index contributed by atoms with van der Waals surface area (Å²) in [6, 6.07) is 0.897. The normalized spacial score (nSPS) is 17.9. The molecule has 1 aromatic heterocycles. The summed E-state index contributed by atoms with van der Waals surface area (Å²) >= 11 is 0. The zero-order valence-corrected chi connectivity index (χ0v) is 20.3. The second kappa shape index (κ2) is 10.6. The molecular weight excluding hydrogens is 481 g/mol. The lowest BCUT2D eigenvalue weighted by Gasteiger charge is -2.32. The minimum absolute atomic E-state index is 0.195. The molecule has 1 aliphatic rings. The van der Waals surface area contributed by atoms with E-state index in [1.54, 1.807) is 26.0 Å². The number of halogens is 3. The van der Waals surface area contributed by atoms with Crippen molar-refractivity contribution in [2.24, 2.45) is 11.8 Å². The molecule has 0 unspecified atom stereocenters. The molecule has 10 nitrogen and oxygen atoms in total. The van der Waals surface area contributed by atoms with Gasteiger partial charge in [-0.3, -0.25) is 24.3 Å². The van der Waals surface area contributed by atoms with Crippen LogP contribution in [0.2, 0.25) is 0 Å². The monoisotopic (exact) mass is 510 g/mol. The first kappa shape index (κ1) is 27.1. The van der Waals surface area contributed by atoms with Crippen molar-refractivity contribution >= 4 is 34.5 Å². The molecule has 1 aliphatic heterocycles. The van der Waals surface area contributed by atoms with E-state index in [1.165, 1.54) is 24.8 Å². The molecule has 3 N–H and O–H groups in total. The van der Waals surface area contributed by atoms with E-state index in [-0.39, 0.29) is 24.4 Å². The maximum atomic E-state index is 13.4. The Kier molecular flexibility index (Phi) is 7.99. The van der Waals surface area contributed by atoms with Crippen LogP contribution in [-0.4, -0.2) is 74.7 Å². The number of carbonyl (C=O) groups excluding carboxylic acids is 4. The maximum Gasteiger partial charge on any atom is 0.452 e. The van der Waals surface area contributed by atoms with Crippen molar-refractivity contribution in [2.75, 3.05) is 6.54 Å². The number of aromatic amines is 1. The molecule has 36 heavy (non-hydrogen) atoms. The lowest BCUT2D eigenvalue weighted by Crippen LogP contribution is -2.58. The third kappa shape index (κ3) is 5.82. The number of hydrogen-bond acceptors (Lipinski definition) is 6. The molecule has 3 atom stereocenters. The van der Waals surface area contributed by atoms with Crippen LogP contribution in [0.5, 0.6) is 0 Å². The lowest BCUT2D eigenvalue weighted by atomic mass is 9.98. The number of rotatable bonds is 8. The molecule has 1 saturated heterocycles.